The van der Waals surface area contributed by atoms with E-state index < -0.39 is 5.54 Å². The van der Waals surface area contributed by atoms with Crippen molar-refractivity contribution in [3.63, 3.8) is 0 Å². The first-order chi connectivity index (χ1) is 5.41. The zero-order chi connectivity index (χ0) is 9.35. The van der Waals surface area contributed by atoms with E-state index in [0.717, 1.165) is 0 Å². The van der Waals surface area contributed by atoms with Gasteiger partial charge in [-0.3, -0.25) is 4.98 Å². The topological polar surface area (TPSA) is 51.8 Å². The number of hydrogen-bond acceptors (Lipinski definition) is 3. The highest BCUT2D eigenvalue weighted by Gasteiger charge is 2.20. The van der Waals surface area contributed by atoms with E-state index in [-0.39, 0.29) is 22.7 Å². The smallest absolute Gasteiger partial charge is 0.154 e. The number of rotatable bonds is 1. The van der Waals surface area contributed by atoms with Crippen molar-refractivity contribution in [1.29, 1.82) is 0 Å². The maximum absolute atomic E-state index is 5.78. The number of hydrogen-bond donors (Lipinski definition) is 1. The van der Waals surface area contributed by atoms with Gasteiger partial charge in [-0.05, 0) is 13.8 Å². The van der Waals surface area contributed by atoms with Crippen molar-refractivity contribution in [2.75, 3.05) is 0 Å². The van der Waals surface area contributed by atoms with E-state index in [0.29, 0.717) is 5.69 Å². The lowest BCUT2D eigenvalue weighted by Crippen LogP contribution is -2.30. The first-order valence-corrected chi connectivity index (χ1v) is 4.14. The van der Waals surface area contributed by atoms with Crippen LogP contribution in [0.25, 0.3) is 0 Å². The molecule has 2 N–H and O–H groups in total. The Morgan fingerprint density at radius 1 is 1.38 bits per heavy atom. The SMILES string of the molecule is CC(C)(N)c1ncc(Cl)nc1Cl.Cl. The second-order valence-electron chi connectivity index (χ2n) is 3.05. The minimum Gasteiger partial charge on any atom is -0.320 e. The standard InChI is InChI=1S/C7H9Cl2N3.ClH/c1-7(2,10)5-6(9)12-4(8)3-11-5;/h3H,10H2,1-2H3;1H. The third-order valence-corrected chi connectivity index (χ3v) is 1.76. The lowest BCUT2D eigenvalue weighted by molar-refractivity contribution is 0.532. The Kier molecular flexibility index (Phi) is 4.39. The third kappa shape index (κ3) is 3.27. The first kappa shape index (κ1) is 12.9. The molecule has 0 radical (unpaired) electrons. The Morgan fingerprint density at radius 3 is 2.31 bits per heavy atom. The van der Waals surface area contributed by atoms with Crippen LogP contribution in [0.1, 0.15) is 19.5 Å². The molecule has 0 amide bonds. The summed E-state index contributed by atoms with van der Waals surface area (Å²) in [6, 6.07) is 0. The average molecular weight is 243 g/mol. The van der Waals surface area contributed by atoms with E-state index in [4.69, 9.17) is 28.9 Å². The summed E-state index contributed by atoms with van der Waals surface area (Å²) in [7, 11) is 0. The van der Waals surface area contributed by atoms with Gasteiger partial charge in [0.1, 0.15) is 5.15 Å². The quantitative estimate of drug-likeness (QED) is 0.823. The number of nitrogens with two attached hydrogens (primary N) is 1. The molecule has 0 aromatic carbocycles. The summed E-state index contributed by atoms with van der Waals surface area (Å²) in [5.74, 6) is 0. The zero-order valence-electron chi connectivity index (χ0n) is 7.21. The van der Waals surface area contributed by atoms with Gasteiger partial charge in [0.05, 0.1) is 17.4 Å². The van der Waals surface area contributed by atoms with Gasteiger partial charge in [-0.25, -0.2) is 4.98 Å². The van der Waals surface area contributed by atoms with Gasteiger partial charge in [0.2, 0.25) is 0 Å². The normalized spacial score (nSPS) is 10.8. The van der Waals surface area contributed by atoms with Gasteiger partial charge in [-0.15, -0.1) is 12.4 Å². The molecule has 0 fully saturated rings. The molecule has 0 saturated heterocycles. The summed E-state index contributed by atoms with van der Waals surface area (Å²) in [6.45, 7) is 3.60. The van der Waals surface area contributed by atoms with Gasteiger partial charge < -0.3 is 5.73 Å². The molecule has 0 aliphatic carbocycles. The van der Waals surface area contributed by atoms with Crippen LogP contribution in [-0.4, -0.2) is 9.97 Å². The monoisotopic (exact) mass is 241 g/mol. The Morgan fingerprint density at radius 2 is 1.92 bits per heavy atom. The minimum atomic E-state index is -0.589. The molecule has 0 spiro atoms. The van der Waals surface area contributed by atoms with Gasteiger partial charge in [0.25, 0.3) is 0 Å². The Labute approximate surface area is 93.1 Å². The molecule has 0 bridgehead atoms. The number of nitrogens with zero attached hydrogens (tertiary/aromatic N) is 2. The minimum absolute atomic E-state index is 0. The molecule has 0 saturated carbocycles. The molecule has 13 heavy (non-hydrogen) atoms. The molecule has 0 aliphatic heterocycles. The average Bonchev–Trinajstić information content (AvgIpc) is 1.83. The van der Waals surface area contributed by atoms with E-state index in [1.54, 1.807) is 13.8 Å². The molecular formula is C7H10Cl3N3. The fourth-order valence-electron chi connectivity index (χ4n) is 0.779. The van der Waals surface area contributed by atoms with Crippen LogP contribution in [0.15, 0.2) is 6.20 Å². The third-order valence-electron chi connectivity index (χ3n) is 1.31. The van der Waals surface area contributed by atoms with E-state index in [1.807, 2.05) is 0 Å². The molecule has 0 aliphatic rings. The molecular weight excluding hydrogens is 232 g/mol. The maximum Gasteiger partial charge on any atom is 0.154 e. The van der Waals surface area contributed by atoms with Crippen molar-refractivity contribution in [3.05, 3.63) is 22.2 Å². The van der Waals surface area contributed by atoms with Crippen LogP contribution >= 0.6 is 35.6 Å². The molecule has 1 heterocycles. The number of aromatic nitrogens is 2. The fourth-order valence-corrected chi connectivity index (χ4v) is 1.34. The molecule has 0 unspecified atom stereocenters. The van der Waals surface area contributed by atoms with Crippen LogP contribution in [0, 0.1) is 0 Å². The summed E-state index contributed by atoms with van der Waals surface area (Å²) < 4.78 is 0. The fraction of sp³-hybridized carbons (Fsp3) is 0.429. The van der Waals surface area contributed by atoms with Gasteiger partial charge in [-0.2, -0.15) is 0 Å². The van der Waals surface area contributed by atoms with Crippen molar-refractivity contribution in [2.45, 2.75) is 19.4 Å². The van der Waals surface area contributed by atoms with Gasteiger partial charge in [0.15, 0.2) is 5.15 Å². The van der Waals surface area contributed by atoms with E-state index in [1.165, 1.54) is 6.20 Å². The van der Waals surface area contributed by atoms with Crippen LogP contribution in [0.4, 0.5) is 0 Å². The van der Waals surface area contributed by atoms with Gasteiger partial charge in [0, 0.05) is 0 Å². The molecule has 0 atom stereocenters. The highest BCUT2D eigenvalue weighted by Crippen LogP contribution is 2.22. The Balaban J connectivity index is 0.00000144. The predicted octanol–water partition coefficient (Wildman–Crippen LogP) is 2.40. The Hall–Kier alpha value is -0.0900. The summed E-state index contributed by atoms with van der Waals surface area (Å²) in [5.41, 5.74) is 5.74. The lowest BCUT2D eigenvalue weighted by Gasteiger charge is -2.17. The van der Waals surface area contributed by atoms with Gasteiger partial charge >= 0.3 is 0 Å². The zero-order valence-corrected chi connectivity index (χ0v) is 9.54. The van der Waals surface area contributed by atoms with Gasteiger partial charge in [-0.1, -0.05) is 23.2 Å². The van der Waals surface area contributed by atoms with Crippen LogP contribution in [-0.2, 0) is 5.54 Å². The van der Waals surface area contributed by atoms with Crippen LogP contribution in [0.2, 0.25) is 10.3 Å². The molecule has 6 heteroatoms. The highest BCUT2D eigenvalue weighted by molar-refractivity contribution is 6.32. The summed E-state index contributed by atoms with van der Waals surface area (Å²) in [6.07, 6.45) is 1.43. The summed E-state index contributed by atoms with van der Waals surface area (Å²) in [5, 5.41) is 0.531. The van der Waals surface area contributed by atoms with Crippen molar-refractivity contribution < 1.29 is 0 Å². The summed E-state index contributed by atoms with van der Waals surface area (Å²) in [4.78, 5) is 7.83. The molecule has 1 aromatic heterocycles. The number of halogens is 3. The van der Waals surface area contributed by atoms with Crippen LogP contribution in [0.5, 0.6) is 0 Å². The molecule has 1 aromatic rings. The van der Waals surface area contributed by atoms with Crippen LogP contribution < -0.4 is 5.73 Å². The molecule has 1 rings (SSSR count). The first-order valence-electron chi connectivity index (χ1n) is 3.38. The van der Waals surface area contributed by atoms with E-state index in [2.05, 4.69) is 9.97 Å². The van der Waals surface area contributed by atoms with Crippen molar-refractivity contribution >= 4 is 35.6 Å². The Bertz CT molecular complexity index is 296. The van der Waals surface area contributed by atoms with Crippen molar-refractivity contribution in [2.24, 2.45) is 5.73 Å². The summed E-state index contributed by atoms with van der Waals surface area (Å²) >= 11 is 11.3. The van der Waals surface area contributed by atoms with Crippen LogP contribution in [0.3, 0.4) is 0 Å². The van der Waals surface area contributed by atoms with Crippen molar-refractivity contribution in [3.8, 4) is 0 Å². The highest BCUT2D eigenvalue weighted by atomic mass is 35.5. The second-order valence-corrected chi connectivity index (χ2v) is 3.80. The van der Waals surface area contributed by atoms with E-state index >= 15 is 0 Å². The van der Waals surface area contributed by atoms with E-state index in [9.17, 15) is 0 Å². The molecule has 3 nitrogen and oxygen atoms in total. The lowest BCUT2D eigenvalue weighted by atomic mass is 10.0. The predicted molar refractivity (Wildman–Crippen MR) is 56.5 cm³/mol. The van der Waals surface area contributed by atoms with Crippen molar-refractivity contribution in [1.82, 2.24) is 9.97 Å². The largest absolute Gasteiger partial charge is 0.320 e. The second kappa shape index (κ2) is 4.42. The maximum atomic E-state index is 5.78. The molecule has 74 valence electrons.